The van der Waals surface area contributed by atoms with E-state index >= 15 is 0 Å². The van der Waals surface area contributed by atoms with Crippen LogP contribution in [0.3, 0.4) is 0 Å². The van der Waals surface area contributed by atoms with Crippen molar-refractivity contribution in [3.05, 3.63) is 71.8 Å². The molecule has 0 amide bonds. The van der Waals surface area contributed by atoms with Crippen LogP contribution in [0.1, 0.15) is 24.5 Å². The van der Waals surface area contributed by atoms with E-state index in [-0.39, 0.29) is 0 Å². The molecule has 31 heavy (non-hydrogen) atoms. The Balaban J connectivity index is 1.41. The zero-order valence-electron chi connectivity index (χ0n) is 16.8. The van der Waals surface area contributed by atoms with Gasteiger partial charge in [0.1, 0.15) is 22.6 Å². The number of benzene rings is 1. The molecular formula is C23H21ClN6O. The summed E-state index contributed by atoms with van der Waals surface area (Å²) < 4.78 is 5.75. The Morgan fingerprint density at radius 2 is 1.97 bits per heavy atom. The van der Waals surface area contributed by atoms with Gasteiger partial charge in [-0.3, -0.25) is 0 Å². The Labute approximate surface area is 184 Å². The highest BCUT2D eigenvalue weighted by Gasteiger charge is 2.18. The summed E-state index contributed by atoms with van der Waals surface area (Å²) in [6.07, 6.45) is 5.47. The van der Waals surface area contributed by atoms with Crippen LogP contribution in [0.2, 0.25) is 5.02 Å². The van der Waals surface area contributed by atoms with Crippen LogP contribution in [0.25, 0.3) is 11.0 Å². The molecule has 7 nitrogen and oxygen atoms in total. The maximum absolute atomic E-state index is 6.41. The van der Waals surface area contributed by atoms with E-state index in [0.29, 0.717) is 34.1 Å². The summed E-state index contributed by atoms with van der Waals surface area (Å²) in [4.78, 5) is 18.0. The first-order chi connectivity index (χ1) is 15.3. The van der Waals surface area contributed by atoms with Crippen molar-refractivity contribution in [2.24, 2.45) is 0 Å². The topological polar surface area (TPSA) is 84.9 Å². The molecule has 0 saturated carbocycles. The maximum Gasteiger partial charge on any atom is 0.238 e. The van der Waals surface area contributed by atoms with Crippen LogP contribution >= 0.6 is 11.6 Å². The van der Waals surface area contributed by atoms with Gasteiger partial charge in [-0.05, 0) is 49.7 Å². The van der Waals surface area contributed by atoms with Crippen molar-refractivity contribution in [2.45, 2.75) is 18.8 Å². The number of halogens is 1. The fourth-order valence-electron chi connectivity index (χ4n) is 3.68. The molecule has 0 unspecified atom stereocenters. The molecule has 1 aromatic carbocycles. The fraction of sp³-hybridized carbons (Fsp3) is 0.217. The number of rotatable bonds is 5. The van der Waals surface area contributed by atoms with Crippen molar-refractivity contribution in [1.82, 2.24) is 25.3 Å². The number of pyridine rings is 2. The van der Waals surface area contributed by atoms with E-state index in [1.807, 2.05) is 36.4 Å². The summed E-state index contributed by atoms with van der Waals surface area (Å²) in [6, 6.07) is 15.2. The molecule has 3 aromatic heterocycles. The van der Waals surface area contributed by atoms with Crippen molar-refractivity contribution < 1.29 is 4.74 Å². The van der Waals surface area contributed by atoms with E-state index in [1.54, 1.807) is 12.3 Å². The summed E-state index contributed by atoms with van der Waals surface area (Å²) in [5.74, 6) is 2.03. The van der Waals surface area contributed by atoms with E-state index in [9.17, 15) is 0 Å². The van der Waals surface area contributed by atoms with Gasteiger partial charge in [-0.15, -0.1) is 0 Å². The van der Waals surface area contributed by atoms with Gasteiger partial charge in [0, 0.05) is 18.2 Å². The standard InChI is InChI=1S/C23H21ClN6O/c24-18-11-16(13-26-23(18)31-17-6-2-1-3-7-17)29-22-21-20(27-14-28-22)9-8-19(30-21)15-5-4-10-25-12-15/h1-3,6-9,11,13-15,25H,4-5,10,12H2,(H,27,28,29)/t15-/m1/s1. The van der Waals surface area contributed by atoms with Gasteiger partial charge in [0.2, 0.25) is 5.88 Å². The molecule has 1 atom stereocenters. The Hall–Kier alpha value is -3.29. The molecule has 156 valence electrons. The average molecular weight is 433 g/mol. The third-order valence-electron chi connectivity index (χ3n) is 5.25. The van der Waals surface area contributed by atoms with Crippen LogP contribution in [0.5, 0.6) is 11.6 Å². The Morgan fingerprint density at radius 3 is 2.77 bits per heavy atom. The highest BCUT2D eigenvalue weighted by Crippen LogP contribution is 2.31. The first kappa shape index (κ1) is 19.7. The van der Waals surface area contributed by atoms with E-state index < -0.39 is 0 Å². The van der Waals surface area contributed by atoms with Crippen LogP contribution in [-0.2, 0) is 0 Å². The first-order valence-electron chi connectivity index (χ1n) is 10.2. The normalized spacial score (nSPS) is 16.2. The molecule has 0 spiro atoms. The van der Waals surface area contributed by atoms with E-state index in [4.69, 9.17) is 21.3 Å². The van der Waals surface area contributed by atoms with Gasteiger partial charge >= 0.3 is 0 Å². The van der Waals surface area contributed by atoms with Crippen LogP contribution in [0, 0.1) is 0 Å². The number of nitrogens with one attached hydrogen (secondary N) is 2. The van der Waals surface area contributed by atoms with Gasteiger partial charge in [0.15, 0.2) is 5.82 Å². The van der Waals surface area contributed by atoms with Crippen molar-refractivity contribution in [3.8, 4) is 11.6 Å². The van der Waals surface area contributed by atoms with Crippen molar-refractivity contribution in [2.75, 3.05) is 18.4 Å². The Kier molecular flexibility index (Phi) is 5.60. The molecule has 0 radical (unpaired) electrons. The van der Waals surface area contributed by atoms with Gasteiger partial charge in [0.05, 0.1) is 17.4 Å². The Morgan fingerprint density at radius 1 is 1.06 bits per heavy atom. The lowest BCUT2D eigenvalue weighted by atomic mass is 9.95. The molecule has 2 N–H and O–H groups in total. The SMILES string of the molecule is Clc1cc(Nc2ncnc3ccc([C@@H]4CCCNC4)nc23)cnc1Oc1ccccc1. The zero-order chi connectivity index (χ0) is 21.0. The molecule has 4 heterocycles. The lowest BCUT2D eigenvalue weighted by Crippen LogP contribution is -2.28. The van der Waals surface area contributed by atoms with Gasteiger partial charge < -0.3 is 15.4 Å². The van der Waals surface area contributed by atoms with Crippen LogP contribution < -0.4 is 15.4 Å². The lowest BCUT2D eigenvalue weighted by molar-refractivity contribution is 0.455. The van der Waals surface area contributed by atoms with Crippen LogP contribution in [0.4, 0.5) is 11.5 Å². The summed E-state index contributed by atoms with van der Waals surface area (Å²) in [5, 5.41) is 7.12. The number of ether oxygens (including phenoxy) is 1. The number of anilines is 2. The number of nitrogens with zero attached hydrogens (tertiary/aromatic N) is 4. The number of fused-ring (bicyclic) bond motifs is 1. The molecule has 4 aromatic rings. The molecule has 0 bridgehead atoms. The molecular weight excluding hydrogens is 412 g/mol. The van der Waals surface area contributed by atoms with E-state index in [1.165, 1.54) is 6.33 Å². The quantitative estimate of drug-likeness (QED) is 0.455. The average Bonchev–Trinajstić information content (AvgIpc) is 2.82. The minimum Gasteiger partial charge on any atom is -0.438 e. The molecule has 0 aliphatic carbocycles. The molecule has 8 heteroatoms. The largest absolute Gasteiger partial charge is 0.438 e. The molecule has 1 saturated heterocycles. The van der Waals surface area contributed by atoms with E-state index in [2.05, 4.69) is 31.7 Å². The van der Waals surface area contributed by atoms with Gasteiger partial charge in [-0.25, -0.2) is 19.9 Å². The predicted octanol–water partition coefficient (Wildman–Crippen LogP) is 5.08. The molecule has 1 aliphatic heterocycles. The lowest BCUT2D eigenvalue weighted by Gasteiger charge is -2.22. The van der Waals surface area contributed by atoms with Crippen molar-refractivity contribution in [3.63, 3.8) is 0 Å². The summed E-state index contributed by atoms with van der Waals surface area (Å²) in [7, 11) is 0. The monoisotopic (exact) mass is 432 g/mol. The first-order valence-corrected chi connectivity index (χ1v) is 10.6. The van der Waals surface area contributed by atoms with Gasteiger partial charge in [0.25, 0.3) is 0 Å². The third-order valence-corrected chi connectivity index (χ3v) is 5.52. The van der Waals surface area contributed by atoms with E-state index in [0.717, 1.165) is 42.7 Å². The minimum absolute atomic E-state index is 0.344. The molecule has 1 aliphatic rings. The molecule has 1 fully saturated rings. The maximum atomic E-state index is 6.41. The summed E-state index contributed by atoms with van der Waals surface area (Å²) in [6.45, 7) is 2.01. The third kappa shape index (κ3) is 4.42. The highest BCUT2D eigenvalue weighted by atomic mass is 35.5. The summed E-state index contributed by atoms with van der Waals surface area (Å²) in [5.41, 5.74) is 3.26. The van der Waals surface area contributed by atoms with Gasteiger partial charge in [-0.2, -0.15) is 0 Å². The zero-order valence-corrected chi connectivity index (χ0v) is 17.5. The number of piperidine rings is 1. The Bertz CT molecular complexity index is 1200. The second-order valence-electron chi connectivity index (χ2n) is 7.42. The van der Waals surface area contributed by atoms with Crippen molar-refractivity contribution >= 4 is 34.1 Å². The number of para-hydroxylation sites is 1. The molecule has 5 rings (SSSR count). The number of hydrogen-bond donors (Lipinski definition) is 2. The summed E-state index contributed by atoms with van der Waals surface area (Å²) >= 11 is 6.41. The van der Waals surface area contributed by atoms with Crippen LogP contribution in [-0.4, -0.2) is 33.0 Å². The second kappa shape index (κ2) is 8.83. The second-order valence-corrected chi connectivity index (χ2v) is 7.83. The predicted molar refractivity (Wildman–Crippen MR) is 121 cm³/mol. The number of hydrogen-bond acceptors (Lipinski definition) is 7. The highest BCUT2D eigenvalue weighted by molar-refractivity contribution is 6.32. The number of aromatic nitrogens is 4. The van der Waals surface area contributed by atoms with Crippen LogP contribution in [0.15, 0.2) is 61.1 Å². The smallest absolute Gasteiger partial charge is 0.238 e. The van der Waals surface area contributed by atoms with Crippen molar-refractivity contribution in [1.29, 1.82) is 0 Å². The van der Waals surface area contributed by atoms with Gasteiger partial charge in [-0.1, -0.05) is 29.8 Å². The minimum atomic E-state index is 0.344. The fourth-order valence-corrected chi connectivity index (χ4v) is 3.89.